The Labute approximate surface area is 182 Å². The second-order valence-electron chi connectivity index (χ2n) is 8.13. The van der Waals surface area contributed by atoms with Crippen molar-refractivity contribution in [3.63, 3.8) is 0 Å². The van der Waals surface area contributed by atoms with Crippen LogP contribution in [0.5, 0.6) is 5.75 Å². The molecule has 2 aliphatic heterocycles. The van der Waals surface area contributed by atoms with Crippen molar-refractivity contribution in [2.45, 2.75) is 38.8 Å². The van der Waals surface area contributed by atoms with Gasteiger partial charge in [0.15, 0.2) is 0 Å². The molecule has 1 aromatic heterocycles. The molecule has 0 saturated carbocycles. The maximum absolute atomic E-state index is 12.3. The van der Waals surface area contributed by atoms with Crippen molar-refractivity contribution in [2.75, 3.05) is 37.5 Å². The van der Waals surface area contributed by atoms with Gasteiger partial charge in [-0.3, -0.25) is 9.48 Å². The van der Waals surface area contributed by atoms with E-state index in [2.05, 4.69) is 9.82 Å². The molecule has 1 aromatic carbocycles. The number of anilines is 1. The van der Waals surface area contributed by atoms with Crippen LogP contribution in [0.15, 0.2) is 24.5 Å². The van der Waals surface area contributed by atoms with Crippen LogP contribution in [0.25, 0.3) is 11.1 Å². The first-order chi connectivity index (χ1) is 14.7. The lowest BCUT2D eigenvalue weighted by Crippen LogP contribution is -2.40. The average molecular weight is 449 g/mol. The molecule has 10 heteroatoms. The number of nitrogens with zero attached hydrogens (tertiary/aromatic N) is 3. The average Bonchev–Trinajstić information content (AvgIpc) is 3.11. The van der Waals surface area contributed by atoms with E-state index in [1.165, 1.54) is 0 Å². The van der Waals surface area contributed by atoms with Gasteiger partial charge in [-0.2, -0.15) is 5.10 Å². The van der Waals surface area contributed by atoms with E-state index >= 15 is 0 Å². The molecule has 0 spiro atoms. The van der Waals surface area contributed by atoms with Crippen molar-refractivity contribution in [2.24, 2.45) is 0 Å². The number of rotatable bonds is 7. The van der Waals surface area contributed by atoms with Gasteiger partial charge in [0.2, 0.25) is 15.9 Å². The third kappa shape index (κ3) is 4.60. The van der Waals surface area contributed by atoms with Gasteiger partial charge in [-0.25, -0.2) is 13.1 Å². The molecule has 1 saturated heterocycles. The Balaban J connectivity index is 1.70. The first-order valence-corrected chi connectivity index (χ1v) is 12.3. The molecule has 1 atom stereocenters. The van der Waals surface area contributed by atoms with Gasteiger partial charge in [0.25, 0.3) is 0 Å². The second-order valence-corrected chi connectivity index (χ2v) is 9.96. The maximum atomic E-state index is 12.3. The van der Waals surface area contributed by atoms with Gasteiger partial charge >= 0.3 is 0 Å². The summed E-state index contributed by atoms with van der Waals surface area (Å²) in [5.74, 6) is 0.666. The minimum atomic E-state index is -3.30. The molecule has 9 nitrogen and oxygen atoms in total. The highest BCUT2D eigenvalue weighted by molar-refractivity contribution is 7.88. The zero-order valence-electron chi connectivity index (χ0n) is 18.0. The Morgan fingerprint density at radius 1 is 1.35 bits per heavy atom. The van der Waals surface area contributed by atoms with Crippen LogP contribution in [0.3, 0.4) is 0 Å². The van der Waals surface area contributed by atoms with E-state index in [1.54, 1.807) is 18.0 Å². The largest absolute Gasteiger partial charge is 0.491 e. The monoisotopic (exact) mass is 448 g/mol. The summed E-state index contributed by atoms with van der Waals surface area (Å²) >= 11 is 0. The highest BCUT2D eigenvalue weighted by Crippen LogP contribution is 2.43. The normalized spacial score (nSPS) is 19.1. The minimum absolute atomic E-state index is 0.0105. The summed E-state index contributed by atoms with van der Waals surface area (Å²) in [5, 5.41) is 4.48. The molecule has 0 radical (unpaired) electrons. The number of hydrogen-bond donors (Lipinski definition) is 1. The molecule has 0 unspecified atom stereocenters. The Morgan fingerprint density at radius 2 is 2.13 bits per heavy atom. The number of amides is 1. The Hall–Kier alpha value is -2.43. The van der Waals surface area contributed by atoms with Crippen LogP contribution >= 0.6 is 0 Å². The first-order valence-electron chi connectivity index (χ1n) is 10.4. The van der Waals surface area contributed by atoms with E-state index in [-0.39, 0.29) is 31.1 Å². The number of nitrogens with one attached hydrogen (secondary N) is 1. The number of hydrogen-bond acceptors (Lipinski definition) is 6. The van der Waals surface area contributed by atoms with Gasteiger partial charge in [0.1, 0.15) is 12.4 Å². The van der Waals surface area contributed by atoms with E-state index in [4.69, 9.17) is 9.47 Å². The predicted octanol–water partition coefficient (Wildman–Crippen LogP) is 1.74. The summed E-state index contributed by atoms with van der Waals surface area (Å²) in [4.78, 5) is 14.1. The van der Waals surface area contributed by atoms with Gasteiger partial charge in [0.05, 0.1) is 37.4 Å². The number of aromatic nitrogens is 2. The molecule has 0 aliphatic carbocycles. The zero-order chi connectivity index (χ0) is 22.2. The molecule has 31 heavy (non-hydrogen) atoms. The van der Waals surface area contributed by atoms with E-state index in [9.17, 15) is 13.2 Å². The number of fused-ring (bicyclic) bond motifs is 1. The van der Waals surface area contributed by atoms with Crippen molar-refractivity contribution in [3.8, 4) is 16.9 Å². The van der Waals surface area contributed by atoms with Crippen LogP contribution < -0.4 is 14.4 Å². The highest BCUT2D eigenvalue weighted by Gasteiger charge is 2.30. The van der Waals surface area contributed by atoms with Crippen LogP contribution in [0.1, 0.15) is 31.9 Å². The molecule has 1 N–H and O–H groups in total. The summed E-state index contributed by atoms with van der Waals surface area (Å²) in [5.41, 5.74) is 3.60. The summed E-state index contributed by atoms with van der Waals surface area (Å²) in [6.45, 7) is 5.25. The quantitative estimate of drug-likeness (QED) is 0.648. The van der Waals surface area contributed by atoms with Crippen LogP contribution in [0, 0.1) is 0 Å². The number of carbonyl (C=O) groups is 1. The Bertz CT molecular complexity index is 1080. The van der Waals surface area contributed by atoms with Gasteiger partial charge in [0, 0.05) is 42.4 Å². The fraction of sp³-hybridized carbons (Fsp3) is 0.524. The molecule has 168 valence electrons. The van der Waals surface area contributed by atoms with Crippen molar-refractivity contribution >= 4 is 21.6 Å². The lowest BCUT2D eigenvalue weighted by atomic mass is 9.92. The summed E-state index contributed by atoms with van der Waals surface area (Å²) < 4.78 is 38.5. The number of sulfonamides is 1. The van der Waals surface area contributed by atoms with Gasteiger partial charge in [-0.1, -0.05) is 0 Å². The van der Waals surface area contributed by atoms with Crippen molar-refractivity contribution in [1.29, 1.82) is 0 Å². The van der Waals surface area contributed by atoms with Gasteiger partial charge in [-0.05, 0) is 31.9 Å². The number of carbonyl (C=O) groups excluding carboxylic acids is 1. The lowest BCUT2D eigenvalue weighted by Gasteiger charge is -2.36. The Kier molecular flexibility index (Phi) is 6.05. The number of benzene rings is 1. The van der Waals surface area contributed by atoms with Crippen molar-refractivity contribution in [1.82, 2.24) is 14.5 Å². The lowest BCUT2D eigenvalue weighted by molar-refractivity contribution is -0.117. The molecule has 3 heterocycles. The first kappa shape index (κ1) is 21.8. The number of ether oxygens (including phenoxy) is 2. The summed E-state index contributed by atoms with van der Waals surface area (Å²) in [6.07, 6.45) is 6.49. The van der Waals surface area contributed by atoms with Crippen LogP contribution in [-0.4, -0.2) is 62.8 Å². The molecular formula is C21H28N4O5S. The molecule has 0 bridgehead atoms. The van der Waals surface area contributed by atoms with E-state index in [0.717, 1.165) is 41.5 Å². The fourth-order valence-corrected chi connectivity index (χ4v) is 4.56. The predicted molar refractivity (Wildman–Crippen MR) is 117 cm³/mol. The van der Waals surface area contributed by atoms with Gasteiger partial charge < -0.3 is 14.4 Å². The van der Waals surface area contributed by atoms with Crippen LogP contribution in [0.4, 0.5) is 5.69 Å². The fourth-order valence-electron chi connectivity index (χ4n) is 4.11. The maximum Gasteiger partial charge on any atom is 0.224 e. The van der Waals surface area contributed by atoms with E-state index in [0.29, 0.717) is 19.0 Å². The van der Waals surface area contributed by atoms with E-state index < -0.39 is 10.0 Å². The van der Waals surface area contributed by atoms with Crippen molar-refractivity contribution in [3.05, 3.63) is 30.1 Å². The minimum Gasteiger partial charge on any atom is -0.491 e. The zero-order valence-corrected chi connectivity index (χ0v) is 18.8. The smallest absolute Gasteiger partial charge is 0.224 e. The molecule has 2 aromatic rings. The Morgan fingerprint density at radius 3 is 2.77 bits per heavy atom. The van der Waals surface area contributed by atoms with Crippen LogP contribution in [0.2, 0.25) is 0 Å². The SMILES string of the molecule is CC(=O)N1c2ccc(-c3cnn(C4COC4)c3)c(OCCNS(C)(=O)=O)c2CC[C@@H]1C. The topological polar surface area (TPSA) is 103 Å². The van der Waals surface area contributed by atoms with E-state index in [1.807, 2.05) is 29.9 Å². The second kappa shape index (κ2) is 8.60. The molecule has 4 rings (SSSR count). The van der Waals surface area contributed by atoms with Crippen LogP contribution in [-0.2, 0) is 26.0 Å². The standard InChI is InChI=1S/C21H28N4O5S/c1-14-4-5-19-20(25(14)15(2)26)7-6-18(21(19)30-9-8-23-31(3,27)28)16-10-22-24(11-16)17-12-29-13-17/h6-7,10-11,14,17,23H,4-5,8-9,12-13H2,1-3H3/t14-/m0/s1. The summed E-state index contributed by atoms with van der Waals surface area (Å²) in [6, 6.07) is 4.26. The highest BCUT2D eigenvalue weighted by atomic mass is 32.2. The molecule has 1 amide bonds. The molecule has 2 aliphatic rings. The molecule has 1 fully saturated rings. The third-order valence-electron chi connectivity index (χ3n) is 5.71. The van der Waals surface area contributed by atoms with Crippen molar-refractivity contribution < 1.29 is 22.7 Å². The molecular weight excluding hydrogens is 420 g/mol. The van der Waals surface area contributed by atoms with Gasteiger partial charge in [-0.15, -0.1) is 0 Å². The summed E-state index contributed by atoms with van der Waals surface area (Å²) in [7, 11) is -3.30. The third-order valence-corrected chi connectivity index (χ3v) is 6.44.